The first-order valence-corrected chi connectivity index (χ1v) is 9.86. The maximum Gasteiger partial charge on any atom is 0.243 e. The Labute approximate surface area is 149 Å². The van der Waals surface area contributed by atoms with Crippen LogP contribution in [0.1, 0.15) is 11.1 Å². The first kappa shape index (κ1) is 17.9. The Kier molecular flexibility index (Phi) is 5.42. The van der Waals surface area contributed by atoms with Gasteiger partial charge in [-0.15, -0.1) is 0 Å². The van der Waals surface area contributed by atoms with Gasteiger partial charge in [0.25, 0.3) is 0 Å². The summed E-state index contributed by atoms with van der Waals surface area (Å²) in [5.41, 5.74) is 3.12. The maximum absolute atomic E-state index is 12.8. The zero-order valence-electron chi connectivity index (χ0n) is 14.7. The summed E-state index contributed by atoms with van der Waals surface area (Å²) in [4.78, 5) is 2.58. The lowest BCUT2D eigenvalue weighted by Crippen LogP contribution is -2.37. The van der Waals surface area contributed by atoms with E-state index in [9.17, 15) is 8.42 Å². The Bertz CT molecular complexity index is 813. The molecule has 0 saturated carbocycles. The largest absolute Gasteiger partial charge is 0.378 e. The van der Waals surface area contributed by atoms with E-state index in [4.69, 9.17) is 4.74 Å². The molecular formula is C19H24N2O3S. The summed E-state index contributed by atoms with van der Waals surface area (Å²) >= 11 is 0. The normalized spacial score (nSPS) is 15.6. The number of aryl methyl sites for hydroxylation is 1. The summed E-state index contributed by atoms with van der Waals surface area (Å²) in [7, 11) is -1.88. The summed E-state index contributed by atoms with van der Waals surface area (Å²) in [6.45, 7) is 5.33. The van der Waals surface area contributed by atoms with Crippen molar-refractivity contribution < 1.29 is 13.2 Å². The van der Waals surface area contributed by atoms with Crippen molar-refractivity contribution in [3.05, 3.63) is 59.7 Å². The van der Waals surface area contributed by atoms with Gasteiger partial charge in [-0.3, -0.25) is 0 Å². The lowest BCUT2D eigenvalue weighted by molar-refractivity contribution is 0.122. The van der Waals surface area contributed by atoms with Crippen LogP contribution in [-0.4, -0.2) is 46.1 Å². The zero-order chi connectivity index (χ0) is 17.9. The second-order valence-electron chi connectivity index (χ2n) is 6.30. The standard InChI is InChI=1S/C19H24N2O3S/c1-16-7-9-18(10-8-16)25(22,23)20(2)15-17-5-3-4-6-19(17)21-11-13-24-14-12-21/h3-10H,11-15H2,1-2H3. The number of hydrogen-bond donors (Lipinski definition) is 0. The Morgan fingerprint density at radius 3 is 2.36 bits per heavy atom. The number of morpholine rings is 1. The van der Waals surface area contributed by atoms with E-state index in [0.29, 0.717) is 24.7 Å². The molecule has 5 nitrogen and oxygen atoms in total. The maximum atomic E-state index is 12.8. The van der Waals surface area contributed by atoms with Gasteiger partial charge in [-0.25, -0.2) is 8.42 Å². The molecule has 0 radical (unpaired) electrons. The summed E-state index contributed by atoms with van der Waals surface area (Å²) < 4.78 is 32.5. The number of hydrogen-bond acceptors (Lipinski definition) is 4. The van der Waals surface area contributed by atoms with Gasteiger partial charge in [0.05, 0.1) is 18.1 Å². The minimum Gasteiger partial charge on any atom is -0.378 e. The van der Waals surface area contributed by atoms with E-state index in [1.165, 1.54) is 4.31 Å². The first-order valence-electron chi connectivity index (χ1n) is 8.42. The van der Waals surface area contributed by atoms with Crippen LogP contribution in [0, 0.1) is 6.92 Å². The van der Waals surface area contributed by atoms with Crippen LogP contribution in [0.3, 0.4) is 0 Å². The van der Waals surface area contributed by atoms with E-state index in [1.807, 2.05) is 43.3 Å². The van der Waals surface area contributed by atoms with Crippen molar-refractivity contribution in [2.24, 2.45) is 0 Å². The van der Waals surface area contributed by atoms with Crippen LogP contribution in [-0.2, 0) is 21.3 Å². The SMILES string of the molecule is Cc1ccc(S(=O)(=O)N(C)Cc2ccccc2N2CCOCC2)cc1. The van der Waals surface area contributed by atoms with Crippen molar-refractivity contribution >= 4 is 15.7 Å². The molecule has 1 saturated heterocycles. The molecule has 0 N–H and O–H groups in total. The Hall–Kier alpha value is -1.89. The summed E-state index contributed by atoms with van der Waals surface area (Å²) in [5.74, 6) is 0. The average Bonchev–Trinajstić information content (AvgIpc) is 2.63. The van der Waals surface area contributed by atoms with E-state index in [0.717, 1.165) is 29.9 Å². The summed E-state index contributed by atoms with van der Waals surface area (Å²) in [6.07, 6.45) is 0. The van der Waals surface area contributed by atoms with Crippen molar-refractivity contribution in [3.63, 3.8) is 0 Å². The van der Waals surface area contributed by atoms with Gasteiger partial charge in [0.1, 0.15) is 0 Å². The van der Waals surface area contributed by atoms with Crippen LogP contribution < -0.4 is 4.90 Å². The molecule has 0 bridgehead atoms. The van der Waals surface area contributed by atoms with E-state index < -0.39 is 10.0 Å². The van der Waals surface area contributed by atoms with Gasteiger partial charge in [-0.1, -0.05) is 35.9 Å². The van der Waals surface area contributed by atoms with E-state index in [-0.39, 0.29) is 0 Å². The van der Waals surface area contributed by atoms with Crippen LogP contribution >= 0.6 is 0 Å². The number of para-hydroxylation sites is 1. The molecule has 2 aromatic rings. The molecule has 0 atom stereocenters. The van der Waals surface area contributed by atoms with Gasteiger partial charge >= 0.3 is 0 Å². The molecule has 2 aromatic carbocycles. The third-order valence-electron chi connectivity index (χ3n) is 4.47. The van der Waals surface area contributed by atoms with Crippen molar-refractivity contribution in [1.82, 2.24) is 4.31 Å². The molecule has 0 unspecified atom stereocenters. The fourth-order valence-electron chi connectivity index (χ4n) is 2.97. The fourth-order valence-corrected chi connectivity index (χ4v) is 4.12. The van der Waals surface area contributed by atoms with Crippen molar-refractivity contribution in [2.75, 3.05) is 38.3 Å². The second-order valence-corrected chi connectivity index (χ2v) is 8.35. The predicted octanol–water partition coefficient (Wildman–Crippen LogP) is 2.65. The molecule has 0 aliphatic carbocycles. The number of sulfonamides is 1. The summed E-state index contributed by atoms with van der Waals surface area (Å²) in [6, 6.07) is 14.9. The van der Waals surface area contributed by atoms with Crippen molar-refractivity contribution in [1.29, 1.82) is 0 Å². The number of rotatable bonds is 5. The van der Waals surface area contributed by atoms with Gasteiger partial charge in [0.15, 0.2) is 0 Å². The fraction of sp³-hybridized carbons (Fsp3) is 0.368. The molecular weight excluding hydrogens is 336 g/mol. The zero-order valence-corrected chi connectivity index (χ0v) is 15.5. The van der Waals surface area contributed by atoms with Crippen molar-refractivity contribution in [3.8, 4) is 0 Å². The summed E-state index contributed by atoms with van der Waals surface area (Å²) in [5, 5.41) is 0. The molecule has 0 aromatic heterocycles. The topological polar surface area (TPSA) is 49.9 Å². The molecule has 134 valence electrons. The highest BCUT2D eigenvalue weighted by atomic mass is 32.2. The third-order valence-corrected chi connectivity index (χ3v) is 6.28. The van der Waals surface area contributed by atoms with E-state index in [2.05, 4.69) is 4.90 Å². The van der Waals surface area contributed by atoms with Gasteiger partial charge < -0.3 is 9.64 Å². The number of nitrogens with zero attached hydrogens (tertiary/aromatic N) is 2. The second kappa shape index (κ2) is 7.56. The number of anilines is 1. The van der Waals surface area contributed by atoms with Crippen molar-refractivity contribution in [2.45, 2.75) is 18.4 Å². The average molecular weight is 360 g/mol. The van der Waals surface area contributed by atoms with Crippen LogP contribution in [0.25, 0.3) is 0 Å². The molecule has 6 heteroatoms. The molecule has 0 spiro atoms. The first-order chi connectivity index (χ1) is 12.0. The van der Waals surface area contributed by atoms with Crippen LogP contribution in [0.5, 0.6) is 0 Å². The minimum atomic E-state index is -3.51. The van der Waals surface area contributed by atoms with Gasteiger partial charge in [-0.05, 0) is 30.7 Å². The van der Waals surface area contributed by atoms with Gasteiger partial charge in [0, 0.05) is 32.4 Å². The quantitative estimate of drug-likeness (QED) is 0.823. The molecule has 1 aliphatic heterocycles. The third kappa shape index (κ3) is 4.03. The molecule has 25 heavy (non-hydrogen) atoms. The highest BCUT2D eigenvalue weighted by molar-refractivity contribution is 7.89. The Morgan fingerprint density at radius 1 is 1.04 bits per heavy atom. The number of ether oxygens (including phenoxy) is 1. The molecule has 1 heterocycles. The Balaban J connectivity index is 1.83. The van der Waals surface area contributed by atoms with E-state index >= 15 is 0 Å². The van der Waals surface area contributed by atoms with Crippen LogP contribution in [0.2, 0.25) is 0 Å². The lowest BCUT2D eigenvalue weighted by Gasteiger charge is -2.31. The lowest BCUT2D eigenvalue weighted by atomic mass is 10.1. The smallest absolute Gasteiger partial charge is 0.243 e. The Morgan fingerprint density at radius 2 is 1.68 bits per heavy atom. The molecule has 3 rings (SSSR count). The highest BCUT2D eigenvalue weighted by Gasteiger charge is 2.23. The van der Waals surface area contributed by atoms with Gasteiger partial charge in [0.2, 0.25) is 10.0 Å². The van der Waals surface area contributed by atoms with E-state index in [1.54, 1.807) is 19.2 Å². The molecule has 1 fully saturated rings. The van der Waals surface area contributed by atoms with Crippen LogP contribution in [0.4, 0.5) is 5.69 Å². The minimum absolute atomic E-state index is 0.324. The predicted molar refractivity (Wildman–Crippen MR) is 99.3 cm³/mol. The highest BCUT2D eigenvalue weighted by Crippen LogP contribution is 2.25. The van der Waals surface area contributed by atoms with Crippen LogP contribution in [0.15, 0.2) is 53.4 Å². The molecule has 1 aliphatic rings. The molecule has 0 amide bonds. The number of benzene rings is 2. The van der Waals surface area contributed by atoms with Gasteiger partial charge in [-0.2, -0.15) is 4.31 Å². The monoisotopic (exact) mass is 360 g/mol.